The molecule has 3 atom stereocenters. The number of piperidine rings is 1. The fourth-order valence-electron chi connectivity index (χ4n) is 3.62. The normalized spacial score (nSPS) is 25.1. The molecule has 1 aliphatic heterocycles. The van der Waals surface area contributed by atoms with E-state index in [2.05, 4.69) is 60.8 Å². The Morgan fingerprint density at radius 3 is 2.14 bits per heavy atom. The summed E-state index contributed by atoms with van der Waals surface area (Å²) in [6, 6.07) is 21.4. The molecule has 2 nitrogen and oxygen atoms in total. The zero-order chi connectivity index (χ0) is 15.4. The third-order valence-electron chi connectivity index (χ3n) is 4.72. The average Bonchev–Trinajstić information content (AvgIpc) is 2.58. The van der Waals surface area contributed by atoms with E-state index in [9.17, 15) is 4.79 Å². The highest BCUT2D eigenvalue weighted by Crippen LogP contribution is 2.31. The van der Waals surface area contributed by atoms with Crippen molar-refractivity contribution in [2.45, 2.75) is 38.3 Å². The van der Waals surface area contributed by atoms with Crippen LogP contribution in [-0.4, -0.2) is 5.78 Å². The van der Waals surface area contributed by atoms with Crippen molar-refractivity contribution in [2.24, 2.45) is 5.92 Å². The monoisotopic (exact) mass is 294 g/mol. The molecule has 0 spiro atoms. The van der Waals surface area contributed by atoms with Crippen LogP contribution in [-0.2, 0) is 4.79 Å². The fraction of sp³-hybridized carbons (Fsp3) is 0.350. The second-order valence-corrected chi connectivity index (χ2v) is 6.21. The maximum atomic E-state index is 12.7. The van der Waals surface area contributed by atoms with Crippen molar-refractivity contribution in [3.8, 4) is 0 Å². The van der Waals surface area contributed by atoms with Crippen LogP contribution in [0.5, 0.6) is 0 Å². The molecule has 0 unspecified atom stereocenters. The van der Waals surface area contributed by atoms with Crippen molar-refractivity contribution >= 4 is 5.78 Å². The summed E-state index contributed by atoms with van der Waals surface area (Å²) in [5.74, 6) is 0.569. The number of benzene rings is 2. The number of nitrogens with two attached hydrogens (primary N) is 1. The number of hydrogen-bond acceptors (Lipinski definition) is 1. The maximum absolute atomic E-state index is 12.7. The zero-order valence-corrected chi connectivity index (χ0v) is 13.1. The molecule has 1 heterocycles. The van der Waals surface area contributed by atoms with E-state index in [-0.39, 0.29) is 18.0 Å². The first-order valence-corrected chi connectivity index (χ1v) is 8.27. The number of hydrogen-bond donors (Lipinski definition) is 1. The summed E-state index contributed by atoms with van der Waals surface area (Å²) in [6.45, 7) is 2.17. The van der Waals surface area contributed by atoms with Gasteiger partial charge in [-0.05, 0) is 6.42 Å². The first-order chi connectivity index (χ1) is 10.8. The van der Waals surface area contributed by atoms with Gasteiger partial charge in [0, 0.05) is 11.1 Å². The lowest BCUT2D eigenvalue weighted by molar-refractivity contribution is -0.743. The number of carbonyl (C=O) groups is 1. The molecule has 114 valence electrons. The minimum Gasteiger partial charge on any atom is -0.333 e. The third kappa shape index (κ3) is 3.12. The predicted octanol–water partition coefficient (Wildman–Crippen LogP) is 3.42. The highest BCUT2D eigenvalue weighted by atomic mass is 16.1. The summed E-state index contributed by atoms with van der Waals surface area (Å²) in [5, 5.41) is 2.41. The Hall–Kier alpha value is -1.93. The van der Waals surface area contributed by atoms with Gasteiger partial charge in [-0.3, -0.25) is 4.79 Å². The molecule has 1 fully saturated rings. The van der Waals surface area contributed by atoms with Crippen LogP contribution in [0, 0.1) is 5.92 Å². The molecule has 0 bridgehead atoms. The minimum absolute atomic E-state index is 0.146. The number of quaternary nitrogens is 1. The fourth-order valence-corrected chi connectivity index (χ4v) is 3.62. The van der Waals surface area contributed by atoms with E-state index in [0.29, 0.717) is 12.2 Å². The Balaban J connectivity index is 1.90. The Labute approximate surface area is 132 Å². The average molecular weight is 294 g/mol. The van der Waals surface area contributed by atoms with Crippen LogP contribution in [0.4, 0.5) is 0 Å². The second-order valence-electron chi connectivity index (χ2n) is 6.21. The van der Waals surface area contributed by atoms with Crippen molar-refractivity contribution in [3.63, 3.8) is 0 Å². The standard InChI is InChI=1S/C20H23NO/c1-2-9-17-19(22)14-18(15-10-5-3-6-11-15)21-20(17)16-12-7-4-8-13-16/h3-8,10-13,17-18,20-21H,2,9,14H2,1H3/p+1/t17-,18-,20-/m0/s1. The van der Waals surface area contributed by atoms with Crippen molar-refractivity contribution < 1.29 is 10.1 Å². The van der Waals surface area contributed by atoms with Crippen LogP contribution in [0.2, 0.25) is 0 Å². The van der Waals surface area contributed by atoms with Crippen LogP contribution in [0.15, 0.2) is 60.7 Å². The molecule has 0 amide bonds. The van der Waals surface area contributed by atoms with E-state index in [1.807, 2.05) is 12.1 Å². The van der Waals surface area contributed by atoms with Gasteiger partial charge in [-0.15, -0.1) is 0 Å². The van der Waals surface area contributed by atoms with Gasteiger partial charge in [-0.2, -0.15) is 0 Å². The van der Waals surface area contributed by atoms with Gasteiger partial charge in [0.25, 0.3) is 0 Å². The van der Waals surface area contributed by atoms with Crippen LogP contribution >= 0.6 is 0 Å². The number of ketones is 1. The molecule has 2 heteroatoms. The first kappa shape index (κ1) is 15.0. The zero-order valence-electron chi connectivity index (χ0n) is 13.1. The molecule has 3 rings (SSSR count). The van der Waals surface area contributed by atoms with Crippen molar-refractivity contribution in [3.05, 3.63) is 71.8 Å². The molecule has 1 aliphatic rings. The molecule has 0 saturated carbocycles. The topological polar surface area (TPSA) is 33.7 Å². The molecule has 2 aromatic rings. The van der Waals surface area contributed by atoms with E-state index in [1.54, 1.807) is 0 Å². The maximum Gasteiger partial charge on any atom is 0.148 e. The van der Waals surface area contributed by atoms with E-state index < -0.39 is 0 Å². The van der Waals surface area contributed by atoms with Gasteiger partial charge in [-0.25, -0.2) is 0 Å². The van der Waals surface area contributed by atoms with Crippen LogP contribution < -0.4 is 5.32 Å². The Morgan fingerprint density at radius 1 is 0.955 bits per heavy atom. The van der Waals surface area contributed by atoms with Crippen molar-refractivity contribution in [1.29, 1.82) is 0 Å². The summed E-state index contributed by atoms with van der Waals surface area (Å²) in [4.78, 5) is 12.7. The molecular weight excluding hydrogens is 270 g/mol. The van der Waals surface area contributed by atoms with Crippen LogP contribution in [0.3, 0.4) is 0 Å². The Bertz CT molecular complexity index is 608. The molecule has 2 aromatic carbocycles. The summed E-state index contributed by atoms with van der Waals surface area (Å²) in [5.41, 5.74) is 2.53. The van der Waals surface area contributed by atoms with Gasteiger partial charge in [0.05, 0.1) is 12.3 Å². The minimum atomic E-state index is 0.146. The van der Waals surface area contributed by atoms with Gasteiger partial charge < -0.3 is 5.32 Å². The molecule has 0 aliphatic carbocycles. The highest BCUT2D eigenvalue weighted by Gasteiger charge is 2.40. The molecule has 22 heavy (non-hydrogen) atoms. The van der Waals surface area contributed by atoms with E-state index in [4.69, 9.17) is 0 Å². The van der Waals surface area contributed by atoms with Gasteiger partial charge in [0.2, 0.25) is 0 Å². The lowest BCUT2D eigenvalue weighted by atomic mass is 9.79. The smallest absolute Gasteiger partial charge is 0.148 e. The Morgan fingerprint density at radius 2 is 1.55 bits per heavy atom. The van der Waals surface area contributed by atoms with E-state index in [0.717, 1.165) is 12.8 Å². The van der Waals surface area contributed by atoms with Crippen LogP contribution in [0.25, 0.3) is 0 Å². The summed E-state index contributed by atoms with van der Waals surface area (Å²) in [7, 11) is 0. The Kier molecular flexibility index (Phi) is 4.69. The van der Waals surface area contributed by atoms with Gasteiger partial charge >= 0.3 is 0 Å². The molecular formula is C20H24NO+. The van der Waals surface area contributed by atoms with Gasteiger partial charge in [0.1, 0.15) is 17.9 Å². The SMILES string of the molecule is CCC[C@H]1C(=O)C[C@@H](c2ccccc2)[NH2+][C@H]1c1ccccc1. The van der Waals surface area contributed by atoms with E-state index >= 15 is 0 Å². The number of rotatable bonds is 4. The quantitative estimate of drug-likeness (QED) is 0.921. The number of carbonyl (C=O) groups excluding carboxylic acids is 1. The molecule has 0 radical (unpaired) electrons. The molecule has 1 saturated heterocycles. The highest BCUT2D eigenvalue weighted by molar-refractivity contribution is 5.82. The van der Waals surface area contributed by atoms with Crippen molar-refractivity contribution in [1.82, 2.24) is 0 Å². The largest absolute Gasteiger partial charge is 0.333 e. The van der Waals surface area contributed by atoms with Gasteiger partial charge in [0.15, 0.2) is 0 Å². The second kappa shape index (κ2) is 6.89. The van der Waals surface area contributed by atoms with Crippen molar-refractivity contribution in [2.75, 3.05) is 0 Å². The van der Waals surface area contributed by atoms with Gasteiger partial charge in [-0.1, -0.05) is 74.0 Å². The summed E-state index contributed by atoms with van der Waals surface area (Å²) < 4.78 is 0. The molecule has 0 aromatic heterocycles. The predicted molar refractivity (Wildman–Crippen MR) is 88.3 cm³/mol. The lowest BCUT2D eigenvalue weighted by Gasteiger charge is -2.33. The molecule has 2 N–H and O–H groups in total. The third-order valence-corrected chi connectivity index (χ3v) is 4.72. The lowest BCUT2D eigenvalue weighted by Crippen LogP contribution is -2.90. The van der Waals surface area contributed by atoms with E-state index in [1.165, 1.54) is 11.1 Å². The summed E-state index contributed by atoms with van der Waals surface area (Å²) in [6.07, 6.45) is 2.69. The number of Topliss-reactive ketones (excluding diaryl/α,β-unsaturated/α-hetero) is 1. The first-order valence-electron chi connectivity index (χ1n) is 8.27. The van der Waals surface area contributed by atoms with Crippen LogP contribution in [0.1, 0.15) is 49.4 Å². The summed E-state index contributed by atoms with van der Waals surface area (Å²) >= 11 is 0.